The predicted molar refractivity (Wildman–Crippen MR) is 193 cm³/mol. The number of aryl methyl sites for hydroxylation is 4. The van der Waals surface area contributed by atoms with Crippen LogP contribution < -0.4 is 8.61 Å². The standard InChI is InChI=1S/C17H19FN2O4S2.C15H18N2O4S2.CH4/c1-4-24-16(21)15-11(3)19-17(25-15)20(13-7-8-13)26(22,23)14-9-12(18)6-5-10(14)2;1-5-17(15-16-9-13(22-15)14(18)21-4)23(19,20)12-7-6-10(2)11(3)8-12;/h5-6,9,13H,4,7-8H2,1-3H3;6-9H,5H2,1-4H3;1H4. The number of thiazole rings is 2. The molecule has 0 spiro atoms. The number of hydrogen-bond donors (Lipinski definition) is 0. The lowest BCUT2D eigenvalue weighted by atomic mass is 10.1. The van der Waals surface area contributed by atoms with Crippen LogP contribution in [0.3, 0.4) is 0 Å². The lowest BCUT2D eigenvalue weighted by Gasteiger charge is -2.22. The van der Waals surface area contributed by atoms with Crippen LogP contribution in [-0.2, 0) is 29.5 Å². The summed E-state index contributed by atoms with van der Waals surface area (Å²) in [5, 5.41) is 0.447. The van der Waals surface area contributed by atoms with Gasteiger partial charge in [-0.1, -0.05) is 42.2 Å². The largest absolute Gasteiger partial charge is 0.465 e. The van der Waals surface area contributed by atoms with E-state index in [1.54, 1.807) is 45.9 Å². The molecular formula is C33H41FN4O8S4. The second kappa shape index (κ2) is 16.4. The molecule has 1 aliphatic rings. The van der Waals surface area contributed by atoms with E-state index in [-0.39, 0.29) is 56.4 Å². The van der Waals surface area contributed by atoms with E-state index in [9.17, 15) is 30.8 Å². The number of halogens is 1. The molecule has 50 heavy (non-hydrogen) atoms. The van der Waals surface area contributed by atoms with Crippen LogP contribution in [0.5, 0.6) is 0 Å². The van der Waals surface area contributed by atoms with E-state index in [0.717, 1.165) is 39.9 Å². The molecule has 1 aliphatic carbocycles. The minimum atomic E-state index is -4.00. The van der Waals surface area contributed by atoms with E-state index in [1.165, 1.54) is 34.0 Å². The summed E-state index contributed by atoms with van der Waals surface area (Å²) in [6.45, 7) is 10.9. The molecule has 5 rings (SSSR count). The molecule has 2 heterocycles. The lowest BCUT2D eigenvalue weighted by molar-refractivity contribution is 0.0529. The highest BCUT2D eigenvalue weighted by Crippen LogP contribution is 2.40. The maximum Gasteiger partial charge on any atom is 0.350 e. The van der Waals surface area contributed by atoms with Gasteiger partial charge in [-0.2, -0.15) is 0 Å². The van der Waals surface area contributed by atoms with E-state index in [0.29, 0.717) is 24.1 Å². The first kappa shape index (κ1) is 40.5. The molecule has 0 amide bonds. The zero-order valence-corrected chi connectivity index (χ0v) is 31.3. The number of anilines is 2. The third kappa shape index (κ3) is 8.68. The number of esters is 2. The van der Waals surface area contributed by atoms with Gasteiger partial charge in [-0.3, -0.25) is 0 Å². The summed E-state index contributed by atoms with van der Waals surface area (Å²) >= 11 is 1.97. The monoisotopic (exact) mass is 768 g/mol. The second-order valence-corrected chi connectivity index (χ2v) is 16.6. The van der Waals surface area contributed by atoms with Crippen molar-refractivity contribution in [2.24, 2.45) is 0 Å². The molecule has 0 bridgehead atoms. The summed E-state index contributed by atoms with van der Waals surface area (Å²) in [7, 11) is -6.46. The fraction of sp³-hybridized carbons (Fsp3) is 0.394. The minimum absolute atomic E-state index is 0. The number of methoxy groups -OCH3 is 1. The molecule has 0 N–H and O–H groups in total. The first-order chi connectivity index (χ1) is 23.1. The van der Waals surface area contributed by atoms with Crippen molar-refractivity contribution in [3.63, 3.8) is 0 Å². The van der Waals surface area contributed by atoms with E-state index >= 15 is 0 Å². The van der Waals surface area contributed by atoms with Crippen molar-refractivity contribution >= 4 is 64.9 Å². The van der Waals surface area contributed by atoms with E-state index < -0.39 is 37.8 Å². The lowest BCUT2D eigenvalue weighted by Crippen LogP contribution is -2.33. The van der Waals surface area contributed by atoms with Gasteiger partial charge < -0.3 is 9.47 Å². The Morgan fingerprint density at radius 1 is 0.900 bits per heavy atom. The third-order valence-electron chi connectivity index (χ3n) is 7.45. The molecule has 1 fully saturated rings. The highest BCUT2D eigenvalue weighted by atomic mass is 32.2. The Labute approximate surface area is 301 Å². The molecule has 272 valence electrons. The Bertz CT molecular complexity index is 2080. The van der Waals surface area contributed by atoms with Gasteiger partial charge in [0.2, 0.25) is 5.13 Å². The molecule has 2 aromatic heterocycles. The van der Waals surface area contributed by atoms with Crippen molar-refractivity contribution in [1.29, 1.82) is 0 Å². The van der Waals surface area contributed by atoms with Crippen molar-refractivity contribution in [3.8, 4) is 0 Å². The number of rotatable bonds is 11. The van der Waals surface area contributed by atoms with Crippen LogP contribution in [-0.4, -0.2) is 65.0 Å². The number of aromatic nitrogens is 2. The second-order valence-electron chi connectivity index (χ2n) is 11.0. The molecule has 0 atom stereocenters. The highest BCUT2D eigenvalue weighted by Gasteiger charge is 2.41. The molecular weight excluding hydrogens is 728 g/mol. The van der Waals surface area contributed by atoms with Gasteiger partial charge in [0.05, 0.1) is 35.4 Å². The molecule has 1 saturated carbocycles. The van der Waals surface area contributed by atoms with Gasteiger partial charge >= 0.3 is 11.9 Å². The van der Waals surface area contributed by atoms with Crippen LogP contribution in [0.1, 0.15) is 75.8 Å². The maximum atomic E-state index is 13.7. The highest BCUT2D eigenvalue weighted by molar-refractivity contribution is 7.93. The fourth-order valence-electron chi connectivity index (χ4n) is 4.57. The minimum Gasteiger partial charge on any atom is -0.465 e. The van der Waals surface area contributed by atoms with Crippen molar-refractivity contribution in [2.45, 2.75) is 77.6 Å². The molecule has 0 unspecified atom stereocenters. The number of sulfonamides is 2. The number of ether oxygens (including phenoxy) is 2. The molecule has 0 saturated heterocycles. The first-order valence-corrected chi connectivity index (χ1v) is 19.7. The van der Waals surface area contributed by atoms with Crippen LogP contribution in [0, 0.1) is 33.5 Å². The Morgan fingerprint density at radius 3 is 2.14 bits per heavy atom. The van der Waals surface area contributed by atoms with Crippen LogP contribution in [0.4, 0.5) is 14.7 Å². The summed E-state index contributed by atoms with van der Waals surface area (Å²) in [6, 6.07) is 8.44. The number of carbonyl (C=O) groups is 2. The van der Waals surface area contributed by atoms with Gasteiger partial charge in [-0.05, 0) is 95.3 Å². The van der Waals surface area contributed by atoms with E-state index in [4.69, 9.17) is 4.74 Å². The Balaban J connectivity index is 0.000000267. The molecule has 17 heteroatoms. The van der Waals surface area contributed by atoms with E-state index in [1.807, 2.05) is 13.8 Å². The molecule has 0 aliphatic heterocycles. The number of benzene rings is 2. The summed E-state index contributed by atoms with van der Waals surface area (Å²) < 4.78 is 77.8. The van der Waals surface area contributed by atoms with Crippen molar-refractivity contribution in [2.75, 3.05) is 28.9 Å². The van der Waals surface area contributed by atoms with Gasteiger partial charge in [-0.15, -0.1) is 0 Å². The van der Waals surface area contributed by atoms with E-state index in [2.05, 4.69) is 14.7 Å². The van der Waals surface area contributed by atoms with Crippen molar-refractivity contribution in [1.82, 2.24) is 9.97 Å². The average Bonchev–Trinajstić information content (AvgIpc) is 3.62. The Kier molecular flexibility index (Phi) is 13.3. The number of nitrogens with zero attached hydrogens (tertiary/aromatic N) is 4. The molecule has 12 nitrogen and oxygen atoms in total. The van der Waals surface area contributed by atoms with Gasteiger partial charge in [-0.25, -0.2) is 49.4 Å². The Morgan fingerprint density at radius 2 is 1.56 bits per heavy atom. The molecule has 4 aromatic rings. The smallest absolute Gasteiger partial charge is 0.350 e. The van der Waals surface area contributed by atoms with Gasteiger partial charge in [0.1, 0.15) is 15.6 Å². The third-order valence-corrected chi connectivity index (χ3v) is 13.7. The van der Waals surface area contributed by atoms with Crippen molar-refractivity contribution < 1.29 is 40.3 Å². The van der Waals surface area contributed by atoms with Crippen LogP contribution in [0.2, 0.25) is 0 Å². The maximum absolute atomic E-state index is 13.7. The fourth-order valence-corrected chi connectivity index (χ4v) is 10.3. The number of hydrogen-bond acceptors (Lipinski definition) is 12. The zero-order chi connectivity index (χ0) is 36.3. The van der Waals surface area contributed by atoms with Crippen LogP contribution >= 0.6 is 22.7 Å². The Hall–Kier alpha value is -3.93. The number of carbonyl (C=O) groups excluding carboxylic acids is 2. The quantitative estimate of drug-likeness (QED) is 0.148. The molecule has 2 aromatic carbocycles. The van der Waals surface area contributed by atoms with Gasteiger partial charge in [0, 0.05) is 12.6 Å². The average molecular weight is 769 g/mol. The predicted octanol–water partition coefficient (Wildman–Crippen LogP) is 6.83. The summed E-state index contributed by atoms with van der Waals surface area (Å²) in [6.07, 6.45) is 2.71. The zero-order valence-electron chi connectivity index (χ0n) is 28.0. The summed E-state index contributed by atoms with van der Waals surface area (Å²) in [5.41, 5.74) is 2.79. The first-order valence-electron chi connectivity index (χ1n) is 15.2. The van der Waals surface area contributed by atoms with Gasteiger partial charge in [0.25, 0.3) is 20.0 Å². The topological polar surface area (TPSA) is 153 Å². The normalized spacial score (nSPS) is 12.6. The van der Waals surface area contributed by atoms with Crippen LogP contribution in [0.15, 0.2) is 52.4 Å². The van der Waals surface area contributed by atoms with Crippen LogP contribution in [0.25, 0.3) is 0 Å². The molecule has 0 radical (unpaired) electrons. The van der Waals surface area contributed by atoms with Crippen molar-refractivity contribution in [3.05, 3.63) is 80.6 Å². The van der Waals surface area contributed by atoms with Gasteiger partial charge in [0.15, 0.2) is 5.13 Å². The summed E-state index contributed by atoms with van der Waals surface area (Å²) in [4.78, 5) is 32.6. The SMILES string of the molecule is C.CCN(c1ncc(C(=O)OC)s1)S(=O)(=O)c1ccc(C)c(C)c1.CCOC(=O)c1sc(N(C2CC2)S(=O)(=O)c2cc(F)ccc2C)nc1C. The summed E-state index contributed by atoms with van der Waals surface area (Å²) in [5.74, 6) is -1.68.